The highest BCUT2D eigenvalue weighted by Gasteiger charge is 2.32. The van der Waals surface area contributed by atoms with Gasteiger partial charge in [-0.15, -0.1) is 0 Å². The summed E-state index contributed by atoms with van der Waals surface area (Å²) in [5.74, 6) is 23.7. The van der Waals surface area contributed by atoms with Gasteiger partial charge in [0.2, 0.25) is 0 Å². The van der Waals surface area contributed by atoms with Crippen LogP contribution < -0.4 is 0 Å². The third-order valence-electron chi connectivity index (χ3n) is 10.9. The number of aromatic nitrogens is 4. The molecular formula is C56H26F12N4. The predicted molar refractivity (Wildman–Crippen MR) is 249 cm³/mol. The highest BCUT2D eigenvalue weighted by Crippen LogP contribution is 2.33. The van der Waals surface area contributed by atoms with E-state index in [0.717, 1.165) is 48.5 Å². The SMILES string of the molecule is FC(F)(F)c1ccc(C#Cc2c3nc(c(C#Cc4ccc(C(F)(F)F)cc4)c4ccc([nH]4)c(C#Cc4ccc(C(F)(F)F)cc4)c4ccc([nH]4)c(C#Cc4ccc(C(F)(F)F)cc4)c4nc2C=C4)C=C3)cc1. The minimum Gasteiger partial charge on any atom is -0.353 e. The number of rotatable bonds is 0. The first-order valence-electron chi connectivity index (χ1n) is 21.1. The van der Waals surface area contributed by atoms with Gasteiger partial charge in [0, 0.05) is 22.3 Å². The highest BCUT2D eigenvalue weighted by atomic mass is 19.4. The second-order valence-electron chi connectivity index (χ2n) is 15.8. The Morgan fingerprint density at radius 3 is 0.750 bits per heavy atom. The maximum atomic E-state index is 13.4. The zero-order valence-electron chi connectivity index (χ0n) is 36.3. The summed E-state index contributed by atoms with van der Waals surface area (Å²) in [7, 11) is 0. The van der Waals surface area contributed by atoms with Crippen LogP contribution in [0.25, 0.3) is 46.4 Å². The topological polar surface area (TPSA) is 57.4 Å². The summed E-state index contributed by atoms with van der Waals surface area (Å²) in [6.45, 7) is 0. The predicted octanol–water partition coefficient (Wildman–Crippen LogP) is 14.3. The van der Waals surface area contributed by atoms with Crippen LogP contribution in [0, 0.1) is 47.4 Å². The first kappa shape index (κ1) is 47.9. The van der Waals surface area contributed by atoms with E-state index in [4.69, 9.17) is 9.97 Å². The molecule has 4 aromatic carbocycles. The standard InChI is InChI=1S/C56H26F12N4/c57-53(58,59)37-13-1-33(2-14-37)9-21-41-45-25-27-47(69-45)42(22-10-34-3-15-38(16-4-34)54(60,61)62)49-29-31-51(71-49)44(24-12-36-7-19-40(20-8-36)56(66,67)68)52-32-30-50(72-52)43(48-28-26-46(41)70-48)23-11-35-5-17-39(18-6-35)55(63,64)65/h1-8,13-20,25-32,69-70H. The number of hydrogen-bond acceptors (Lipinski definition) is 2. The molecule has 3 aromatic heterocycles. The summed E-state index contributed by atoms with van der Waals surface area (Å²) in [5.41, 5.74) is 0.801. The zero-order valence-corrected chi connectivity index (χ0v) is 36.3. The second kappa shape index (κ2) is 18.7. The van der Waals surface area contributed by atoms with Gasteiger partial charge in [0.1, 0.15) is 0 Å². The number of fused-ring (bicyclic) bond motifs is 8. The molecule has 5 heterocycles. The molecule has 0 aliphatic carbocycles. The van der Waals surface area contributed by atoms with Crippen molar-refractivity contribution in [3.8, 4) is 47.4 Å². The van der Waals surface area contributed by atoms with Crippen molar-refractivity contribution in [2.24, 2.45) is 0 Å². The fourth-order valence-electron chi connectivity index (χ4n) is 7.24. The van der Waals surface area contributed by atoms with Crippen LogP contribution in [0.15, 0.2) is 121 Å². The molecule has 9 rings (SSSR count). The monoisotopic (exact) mass is 982 g/mol. The molecule has 0 saturated carbocycles. The first-order valence-corrected chi connectivity index (χ1v) is 21.1. The molecule has 7 aromatic rings. The number of benzene rings is 4. The van der Waals surface area contributed by atoms with Crippen molar-refractivity contribution in [2.75, 3.05) is 0 Å². The van der Waals surface area contributed by atoms with Crippen molar-refractivity contribution in [1.82, 2.24) is 19.9 Å². The van der Waals surface area contributed by atoms with Crippen molar-refractivity contribution in [3.63, 3.8) is 0 Å². The quantitative estimate of drug-likeness (QED) is 0.117. The van der Waals surface area contributed by atoms with Crippen LogP contribution in [0.4, 0.5) is 52.7 Å². The first-order chi connectivity index (χ1) is 34.2. The van der Waals surface area contributed by atoms with Gasteiger partial charge in [-0.1, -0.05) is 47.4 Å². The lowest BCUT2D eigenvalue weighted by Gasteiger charge is -2.05. The number of hydrogen-bond donors (Lipinski definition) is 2. The summed E-state index contributed by atoms with van der Waals surface area (Å²) in [6, 6.07) is 23.4. The lowest BCUT2D eigenvalue weighted by atomic mass is 10.1. The van der Waals surface area contributed by atoms with Crippen molar-refractivity contribution in [2.45, 2.75) is 24.7 Å². The number of nitrogens with zero attached hydrogens (tertiary/aromatic N) is 2. The Bertz CT molecular complexity index is 3610. The fraction of sp³-hybridized carbons (Fsp3) is 0.0714. The summed E-state index contributed by atoms with van der Waals surface area (Å²) >= 11 is 0. The van der Waals surface area contributed by atoms with E-state index in [1.807, 2.05) is 0 Å². The third kappa shape index (κ3) is 10.7. The molecule has 8 bridgehead atoms. The van der Waals surface area contributed by atoms with Gasteiger partial charge in [-0.25, -0.2) is 9.97 Å². The van der Waals surface area contributed by atoms with Crippen LogP contribution in [-0.2, 0) is 24.7 Å². The lowest BCUT2D eigenvalue weighted by Crippen LogP contribution is -2.04. The van der Waals surface area contributed by atoms with Gasteiger partial charge in [0.05, 0.1) is 89.4 Å². The number of nitrogens with one attached hydrogen (secondary N) is 2. The average Bonchev–Trinajstić information content (AvgIpc) is 4.19. The van der Waals surface area contributed by atoms with Crippen LogP contribution >= 0.6 is 0 Å². The molecule has 0 fully saturated rings. The van der Waals surface area contributed by atoms with Crippen molar-refractivity contribution in [1.29, 1.82) is 0 Å². The van der Waals surface area contributed by atoms with Crippen molar-refractivity contribution >= 4 is 46.4 Å². The van der Waals surface area contributed by atoms with E-state index in [9.17, 15) is 52.7 Å². The molecule has 354 valence electrons. The Morgan fingerprint density at radius 1 is 0.264 bits per heavy atom. The summed E-state index contributed by atoms with van der Waals surface area (Å²) in [4.78, 5) is 16.3. The molecule has 2 N–H and O–H groups in total. The smallest absolute Gasteiger partial charge is 0.353 e. The molecule has 0 spiro atoms. The third-order valence-corrected chi connectivity index (χ3v) is 10.9. The van der Waals surface area contributed by atoms with Gasteiger partial charge >= 0.3 is 24.7 Å². The van der Waals surface area contributed by atoms with Gasteiger partial charge < -0.3 is 9.97 Å². The number of halogens is 12. The second-order valence-corrected chi connectivity index (χ2v) is 15.8. The van der Waals surface area contributed by atoms with E-state index in [1.165, 1.54) is 48.5 Å². The molecule has 0 saturated heterocycles. The molecule has 0 amide bonds. The fourth-order valence-corrected chi connectivity index (χ4v) is 7.24. The van der Waals surface area contributed by atoms with Crippen molar-refractivity contribution < 1.29 is 52.7 Å². The van der Waals surface area contributed by atoms with Crippen LogP contribution in [0.3, 0.4) is 0 Å². The van der Waals surface area contributed by atoms with Gasteiger partial charge in [0.15, 0.2) is 0 Å². The van der Waals surface area contributed by atoms with Crippen LogP contribution in [-0.4, -0.2) is 19.9 Å². The maximum absolute atomic E-state index is 13.4. The van der Waals surface area contributed by atoms with Gasteiger partial charge in [0.25, 0.3) is 0 Å². The number of alkyl halides is 12. The lowest BCUT2D eigenvalue weighted by molar-refractivity contribution is -0.138. The molecule has 2 aliphatic rings. The maximum Gasteiger partial charge on any atom is 0.416 e. The largest absolute Gasteiger partial charge is 0.416 e. The average molecular weight is 983 g/mol. The summed E-state index contributed by atoms with van der Waals surface area (Å²) in [5, 5.41) is 0. The zero-order chi connectivity index (χ0) is 51.0. The Morgan fingerprint density at radius 2 is 0.486 bits per heavy atom. The van der Waals surface area contributed by atoms with Crippen molar-refractivity contribution in [3.05, 3.63) is 211 Å². The number of aromatic amines is 2. The molecule has 0 radical (unpaired) electrons. The molecular weight excluding hydrogens is 957 g/mol. The summed E-state index contributed by atoms with van der Waals surface area (Å²) in [6.07, 6.45) is -12.0. The van der Waals surface area contributed by atoms with E-state index in [2.05, 4.69) is 57.3 Å². The van der Waals surface area contributed by atoms with Crippen LogP contribution in [0.1, 0.15) is 89.5 Å². The van der Waals surface area contributed by atoms with Crippen LogP contribution in [0.2, 0.25) is 0 Å². The highest BCUT2D eigenvalue weighted by molar-refractivity contribution is 5.88. The van der Waals surface area contributed by atoms with E-state index < -0.39 is 47.0 Å². The Labute approximate surface area is 400 Å². The van der Waals surface area contributed by atoms with E-state index in [1.54, 1.807) is 48.6 Å². The van der Waals surface area contributed by atoms with E-state index in [-0.39, 0.29) is 61.7 Å². The normalized spacial score (nSPS) is 12.2. The Balaban J connectivity index is 1.32. The molecule has 16 heteroatoms. The molecule has 72 heavy (non-hydrogen) atoms. The van der Waals surface area contributed by atoms with E-state index in [0.29, 0.717) is 27.6 Å². The number of H-pyrrole nitrogens is 2. The van der Waals surface area contributed by atoms with Gasteiger partial charge in [-0.05, 0) is 146 Å². The minimum absolute atomic E-state index is 0.207. The molecule has 4 nitrogen and oxygen atoms in total. The summed E-state index contributed by atoms with van der Waals surface area (Å²) < 4.78 is 161. The van der Waals surface area contributed by atoms with Gasteiger partial charge in [-0.3, -0.25) is 0 Å². The molecule has 0 unspecified atom stereocenters. The Kier molecular flexibility index (Phi) is 12.4. The molecule has 0 atom stereocenters. The minimum atomic E-state index is -4.59. The van der Waals surface area contributed by atoms with Gasteiger partial charge in [-0.2, -0.15) is 52.7 Å². The van der Waals surface area contributed by atoms with Crippen LogP contribution in [0.5, 0.6) is 0 Å². The van der Waals surface area contributed by atoms with E-state index >= 15 is 0 Å². The molecule has 2 aliphatic heterocycles. The Hall–Kier alpha value is -9.12.